The van der Waals surface area contributed by atoms with Gasteiger partial charge in [0, 0.05) is 22.4 Å². The highest BCUT2D eigenvalue weighted by atomic mass is 35.5. The summed E-state index contributed by atoms with van der Waals surface area (Å²) in [5, 5.41) is 5.37. The summed E-state index contributed by atoms with van der Waals surface area (Å²) >= 11 is 7.99. The van der Waals surface area contributed by atoms with Crippen LogP contribution in [-0.4, -0.2) is 12.0 Å². The lowest BCUT2D eigenvalue weighted by Gasteiger charge is -2.18. The van der Waals surface area contributed by atoms with Crippen LogP contribution in [0.3, 0.4) is 0 Å². The molecule has 0 radical (unpaired) electrons. The van der Waals surface area contributed by atoms with Gasteiger partial charge in [-0.3, -0.25) is 0 Å². The van der Waals surface area contributed by atoms with Crippen molar-refractivity contribution in [2.24, 2.45) is 0 Å². The third kappa shape index (κ3) is 3.16. The Labute approximate surface area is 123 Å². The molecule has 0 aliphatic rings. The molecule has 0 amide bonds. The first-order valence-electron chi connectivity index (χ1n) is 6.38. The summed E-state index contributed by atoms with van der Waals surface area (Å²) in [6, 6.07) is 6.33. The van der Waals surface area contributed by atoms with Gasteiger partial charge in [0.1, 0.15) is 0 Å². The second kappa shape index (κ2) is 6.04. The molecular weight excluding hydrogens is 276 g/mol. The van der Waals surface area contributed by atoms with E-state index in [1.165, 1.54) is 15.4 Å². The maximum absolute atomic E-state index is 6.21. The highest BCUT2D eigenvalue weighted by Crippen LogP contribution is 2.28. The van der Waals surface area contributed by atoms with Gasteiger partial charge in [0.05, 0.1) is 10.7 Å². The molecule has 0 bridgehead atoms. The van der Waals surface area contributed by atoms with Crippen LogP contribution in [0.15, 0.2) is 18.2 Å². The van der Waals surface area contributed by atoms with Crippen molar-refractivity contribution in [3.63, 3.8) is 0 Å². The van der Waals surface area contributed by atoms with E-state index in [2.05, 4.69) is 37.1 Å². The van der Waals surface area contributed by atoms with Gasteiger partial charge in [-0.15, -0.1) is 11.3 Å². The predicted octanol–water partition coefficient (Wildman–Crippen LogP) is 4.22. The fourth-order valence-corrected chi connectivity index (χ4v) is 3.33. The first kappa shape index (κ1) is 14.5. The molecule has 2 aromatic rings. The summed E-state index contributed by atoms with van der Waals surface area (Å²) in [4.78, 5) is 5.92. The van der Waals surface area contributed by atoms with Crippen LogP contribution >= 0.6 is 22.9 Å². The van der Waals surface area contributed by atoms with Crippen molar-refractivity contribution in [2.45, 2.75) is 33.2 Å². The van der Waals surface area contributed by atoms with Gasteiger partial charge in [-0.25, -0.2) is 4.98 Å². The number of nitrogens with one attached hydrogen (secondary N) is 1. The van der Waals surface area contributed by atoms with Gasteiger partial charge in [0.2, 0.25) is 0 Å². The Morgan fingerprint density at radius 3 is 2.63 bits per heavy atom. The summed E-state index contributed by atoms with van der Waals surface area (Å²) in [5.74, 6) is 0. The number of rotatable bonds is 4. The first-order chi connectivity index (χ1) is 9.02. The molecule has 2 rings (SSSR count). The summed E-state index contributed by atoms with van der Waals surface area (Å²) in [7, 11) is 1.98. The Hall–Kier alpha value is -0.900. The molecule has 0 aliphatic carbocycles. The summed E-state index contributed by atoms with van der Waals surface area (Å²) in [5.41, 5.74) is 3.53. The monoisotopic (exact) mass is 294 g/mol. The lowest BCUT2D eigenvalue weighted by molar-refractivity contribution is 0.587. The fraction of sp³-hybridized carbons (Fsp3) is 0.400. The number of thiazole rings is 1. The Kier molecular flexibility index (Phi) is 4.61. The minimum Gasteiger partial charge on any atom is -0.313 e. The van der Waals surface area contributed by atoms with Crippen LogP contribution in [-0.2, 0) is 6.42 Å². The zero-order chi connectivity index (χ0) is 14.0. The molecule has 1 heterocycles. The van der Waals surface area contributed by atoms with Crippen molar-refractivity contribution in [3.05, 3.63) is 49.9 Å². The Morgan fingerprint density at radius 1 is 1.32 bits per heavy atom. The van der Waals surface area contributed by atoms with E-state index in [0.717, 1.165) is 22.7 Å². The molecule has 0 aliphatic heterocycles. The van der Waals surface area contributed by atoms with Crippen LogP contribution in [0.5, 0.6) is 0 Å². The molecule has 1 aromatic heterocycles. The summed E-state index contributed by atoms with van der Waals surface area (Å²) < 4.78 is 0. The number of halogens is 1. The molecule has 1 atom stereocenters. The van der Waals surface area contributed by atoms with Crippen LogP contribution in [0.25, 0.3) is 0 Å². The second-order valence-electron chi connectivity index (χ2n) is 4.75. The number of aryl methyl sites for hydroxylation is 2. The minimum absolute atomic E-state index is 0.253. The third-order valence-corrected chi connectivity index (χ3v) is 4.99. The van der Waals surface area contributed by atoms with Crippen LogP contribution in [0.2, 0.25) is 5.02 Å². The molecule has 1 unspecified atom stereocenters. The van der Waals surface area contributed by atoms with Crippen LogP contribution in [0.1, 0.15) is 32.7 Å². The summed E-state index contributed by atoms with van der Waals surface area (Å²) in [6.45, 7) is 6.25. The largest absolute Gasteiger partial charge is 0.313 e. The SMILES string of the molecule is CNC(Cc1nc(C)c(C)s1)c1cccc(Cl)c1C. The van der Waals surface area contributed by atoms with E-state index in [-0.39, 0.29) is 6.04 Å². The maximum Gasteiger partial charge on any atom is 0.0949 e. The van der Waals surface area contributed by atoms with E-state index in [0.29, 0.717) is 0 Å². The first-order valence-corrected chi connectivity index (χ1v) is 7.57. The van der Waals surface area contributed by atoms with Crippen molar-refractivity contribution < 1.29 is 0 Å². The van der Waals surface area contributed by atoms with Crippen molar-refractivity contribution in [1.82, 2.24) is 10.3 Å². The zero-order valence-electron chi connectivity index (χ0n) is 11.7. The minimum atomic E-state index is 0.253. The Bertz CT molecular complexity index is 558. The zero-order valence-corrected chi connectivity index (χ0v) is 13.3. The molecule has 4 heteroatoms. The number of nitrogens with zero attached hydrogens (tertiary/aromatic N) is 1. The second-order valence-corrected chi connectivity index (χ2v) is 6.44. The highest BCUT2D eigenvalue weighted by molar-refractivity contribution is 7.11. The van der Waals surface area contributed by atoms with Crippen LogP contribution < -0.4 is 5.32 Å². The molecule has 102 valence electrons. The van der Waals surface area contributed by atoms with Crippen molar-refractivity contribution in [3.8, 4) is 0 Å². The standard InChI is InChI=1S/C15H19ClN2S/c1-9-12(6-5-7-13(9)16)14(17-4)8-15-18-10(2)11(3)19-15/h5-7,14,17H,8H2,1-4H3. The van der Waals surface area contributed by atoms with Crippen molar-refractivity contribution in [1.29, 1.82) is 0 Å². The van der Waals surface area contributed by atoms with Crippen molar-refractivity contribution in [2.75, 3.05) is 7.05 Å². The molecule has 0 saturated heterocycles. The number of likely N-dealkylation sites (N-methyl/N-ethyl adjacent to an activating group) is 1. The number of aromatic nitrogens is 1. The van der Waals surface area contributed by atoms with E-state index in [9.17, 15) is 0 Å². The lowest BCUT2D eigenvalue weighted by Crippen LogP contribution is -2.19. The molecule has 1 N–H and O–H groups in total. The molecular formula is C15H19ClN2S. The third-order valence-electron chi connectivity index (χ3n) is 3.49. The average Bonchev–Trinajstić information content (AvgIpc) is 2.69. The lowest BCUT2D eigenvalue weighted by atomic mass is 9.99. The smallest absolute Gasteiger partial charge is 0.0949 e. The molecule has 2 nitrogen and oxygen atoms in total. The molecule has 0 fully saturated rings. The van der Waals surface area contributed by atoms with Gasteiger partial charge in [-0.2, -0.15) is 0 Å². The maximum atomic E-state index is 6.21. The Morgan fingerprint density at radius 2 is 2.05 bits per heavy atom. The molecule has 0 saturated carbocycles. The van der Waals surface area contributed by atoms with E-state index >= 15 is 0 Å². The number of hydrogen-bond donors (Lipinski definition) is 1. The van der Waals surface area contributed by atoms with E-state index < -0.39 is 0 Å². The van der Waals surface area contributed by atoms with Gasteiger partial charge >= 0.3 is 0 Å². The normalized spacial score (nSPS) is 12.7. The fourth-order valence-electron chi connectivity index (χ4n) is 2.17. The Balaban J connectivity index is 2.27. The molecule has 19 heavy (non-hydrogen) atoms. The average molecular weight is 295 g/mol. The van der Waals surface area contributed by atoms with E-state index in [1.807, 2.05) is 19.2 Å². The van der Waals surface area contributed by atoms with E-state index in [1.54, 1.807) is 11.3 Å². The van der Waals surface area contributed by atoms with Gasteiger partial charge in [0.15, 0.2) is 0 Å². The van der Waals surface area contributed by atoms with Gasteiger partial charge in [-0.05, 0) is 45.0 Å². The molecule has 1 aromatic carbocycles. The van der Waals surface area contributed by atoms with Crippen molar-refractivity contribution >= 4 is 22.9 Å². The van der Waals surface area contributed by atoms with Crippen LogP contribution in [0, 0.1) is 20.8 Å². The number of hydrogen-bond acceptors (Lipinski definition) is 3. The van der Waals surface area contributed by atoms with Gasteiger partial charge in [0.25, 0.3) is 0 Å². The number of benzene rings is 1. The quantitative estimate of drug-likeness (QED) is 0.913. The highest BCUT2D eigenvalue weighted by Gasteiger charge is 2.16. The predicted molar refractivity (Wildman–Crippen MR) is 83.3 cm³/mol. The topological polar surface area (TPSA) is 24.9 Å². The van der Waals surface area contributed by atoms with Gasteiger partial charge < -0.3 is 5.32 Å². The van der Waals surface area contributed by atoms with Crippen LogP contribution in [0.4, 0.5) is 0 Å². The summed E-state index contributed by atoms with van der Waals surface area (Å²) in [6.07, 6.45) is 0.900. The van der Waals surface area contributed by atoms with Gasteiger partial charge in [-0.1, -0.05) is 23.7 Å². The molecule has 0 spiro atoms. The van der Waals surface area contributed by atoms with E-state index in [4.69, 9.17) is 11.6 Å².